The second-order valence-corrected chi connectivity index (χ2v) is 14.0. The van der Waals surface area contributed by atoms with E-state index in [-0.39, 0.29) is 37.5 Å². The second-order valence-electron chi connectivity index (χ2n) is 14.0. The molecule has 0 aliphatic heterocycles. The van der Waals surface area contributed by atoms with Gasteiger partial charge in [0.15, 0.2) is 0 Å². The molecule has 0 bridgehead atoms. The van der Waals surface area contributed by atoms with E-state index in [1.807, 2.05) is 0 Å². The molecule has 0 radical (unpaired) electrons. The van der Waals surface area contributed by atoms with Crippen LogP contribution in [0.1, 0.15) is 252 Å². The first-order chi connectivity index (χ1) is 23.3. The van der Waals surface area contributed by atoms with Gasteiger partial charge in [0.25, 0.3) is 0 Å². The molecule has 0 aromatic carbocycles. The van der Waals surface area contributed by atoms with Crippen LogP contribution in [0, 0.1) is 31.1 Å². The van der Waals surface area contributed by atoms with Crippen LogP contribution in [-0.2, 0) is 14.4 Å². The number of hydrogen-bond acceptors (Lipinski definition) is 4. The van der Waals surface area contributed by atoms with Crippen LogP contribution in [-0.4, -0.2) is 28.1 Å². The summed E-state index contributed by atoms with van der Waals surface area (Å²) in [7, 11) is 0. The van der Waals surface area contributed by atoms with Crippen molar-refractivity contribution in [1.82, 2.24) is 0 Å². The molecule has 0 aliphatic carbocycles. The Hall–Kier alpha value is -0.538. The first-order valence-electron chi connectivity index (χ1n) is 20.9. The van der Waals surface area contributed by atoms with Crippen LogP contribution >= 0.6 is 0 Å². The van der Waals surface area contributed by atoms with Crippen LogP contribution in [0.25, 0.3) is 0 Å². The topological polar surface area (TPSA) is 115 Å². The van der Waals surface area contributed by atoms with Crippen molar-refractivity contribution in [3.63, 3.8) is 0 Å². The quantitative estimate of drug-likeness (QED) is 0.0605. The van der Waals surface area contributed by atoms with Crippen LogP contribution in [0.5, 0.6) is 0 Å². The van der Waals surface area contributed by atoms with Crippen molar-refractivity contribution >= 4 is 17.9 Å². The van der Waals surface area contributed by atoms with Gasteiger partial charge in [-0.3, -0.25) is 9.59 Å². The summed E-state index contributed by atoms with van der Waals surface area (Å²) >= 11 is 0. The smallest absolute Gasteiger partial charge is 0.303 e. The van der Waals surface area contributed by atoms with Crippen LogP contribution in [0.2, 0.25) is 0 Å². The van der Waals surface area contributed by atoms with Gasteiger partial charge in [0.2, 0.25) is 0 Å². The molecule has 0 aromatic heterocycles. The van der Waals surface area contributed by atoms with Crippen molar-refractivity contribution in [2.24, 2.45) is 0 Å². The van der Waals surface area contributed by atoms with Crippen LogP contribution in [0.3, 0.4) is 0 Å². The molecule has 0 saturated heterocycles. The van der Waals surface area contributed by atoms with Gasteiger partial charge in [0.1, 0.15) is 0 Å². The third-order valence-electron chi connectivity index (χ3n) is 8.97. The molecule has 0 amide bonds. The fourth-order valence-corrected chi connectivity index (χ4v) is 5.81. The second kappa shape index (κ2) is 51.8. The predicted octanol–water partition coefficient (Wildman–Crippen LogP) is 13.0. The Morgan fingerprint density at radius 1 is 0.327 bits per heavy atom. The van der Waals surface area contributed by atoms with Gasteiger partial charge >= 0.3 is 11.9 Å². The van der Waals surface area contributed by atoms with Crippen LogP contribution in [0.15, 0.2) is 0 Å². The Morgan fingerprint density at radius 2 is 0.490 bits per heavy atom. The van der Waals surface area contributed by atoms with Crippen molar-refractivity contribution < 1.29 is 60.8 Å². The summed E-state index contributed by atoms with van der Waals surface area (Å²) in [5.41, 5.74) is 0. The fraction of sp³-hybridized carbons (Fsp3) is 0.929. The molecular formula is C42H83O6U-. The molecular weight excluding hydrogens is 838 g/mol. The summed E-state index contributed by atoms with van der Waals surface area (Å²) in [6.45, 7) is 6.74. The molecule has 0 heterocycles. The van der Waals surface area contributed by atoms with Gasteiger partial charge < -0.3 is 20.1 Å². The van der Waals surface area contributed by atoms with E-state index < -0.39 is 17.9 Å². The summed E-state index contributed by atoms with van der Waals surface area (Å²) in [6.07, 6.45) is 42.8. The Morgan fingerprint density at radius 3 is 0.653 bits per heavy atom. The minimum atomic E-state index is -0.907. The van der Waals surface area contributed by atoms with Crippen LogP contribution in [0.4, 0.5) is 0 Å². The number of unbranched alkanes of at least 4 members (excludes halogenated alkanes) is 30. The number of carboxylic acid groups (broad SMARTS) is 3. The molecule has 0 spiro atoms. The predicted molar refractivity (Wildman–Crippen MR) is 204 cm³/mol. The monoisotopic (exact) mass is 922 g/mol. The molecule has 0 saturated carbocycles. The summed E-state index contributed by atoms with van der Waals surface area (Å²) in [5.74, 6) is -2.22. The fourth-order valence-electron chi connectivity index (χ4n) is 5.81. The molecule has 6 nitrogen and oxygen atoms in total. The Bertz CT molecular complexity index is 557. The average Bonchev–Trinajstić information content (AvgIpc) is 3.05. The molecule has 2 N–H and O–H groups in total. The third-order valence-corrected chi connectivity index (χ3v) is 8.97. The molecule has 7 heteroatoms. The maximum Gasteiger partial charge on any atom is 0.303 e. The van der Waals surface area contributed by atoms with Crippen molar-refractivity contribution in [2.45, 2.75) is 252 Å². The number of rotatable bonds is 36. The maximum absolute atomic E-state index is 10.3. The number of carbonyl (C=O) groups excluding carboxylic acids is 1. The average molecular weight is 922 g/mol. The summed E-state index contributed by atoms with van der Waals surface area (Å²) in [6, 6.07) is 0. The first-order valence-corrected chi connectivity index (χ1v) is 20.9. The van der Waals surface area contributed by atoms with E-state index in [9.17, 15) is 19.5 Å². The molecule has 0 atom stereocenters. The molecule has 292 valence electrons. The zero-order valence-corrected chi connectivity index (χ0v) is 37.1. The Balaban J connectivity index is -0.000000307. The van der Waals surface area contributed by atoms with Gasteiger partial charge in [0.05, 0.1) is 0 Å². The molecule has 0 fully saturated rings. The van der Waals surface area contributed by atoms with Crippen LogP contribution < -0.4 is 5.11 Å². The van der Waals surface area contributed by atoms with Crippen molar-refractivity contribution in [3.05, 3.63) is 0 Å². The number of carboxylic acids is 3. The zero-order valence-electron chi connectivity index (χ0n) is 33.0. The molecule has 0 rings (SSSR count). The van der Waals surface area contributed by atoms with E-state index >= 15 is 0 Å². The largest absolute Gasteiger partial charge is 0.550 e. The summed E-state index contributed by atoms with van der Waals surface area (Å²) in [5, 5.41) is 27.1. The molecule has 0 aromatic rings. The Kier molecular flexibility index (Phi) is 58.4. The van der Waals surface area contributed by atoms with Crippen molar-refractivity contribution in [2.75, 3.05) is 0 Å². The van der Waals surface area contributed by atoms with Gasteiger partial charge in [-0.1, -0.05) is 213 Å². The number of aliphatic carboxylic acids is 3. The van der Waals surface area contributed by atoms with Crippen molar-refractivity contribution in [3.8, 4) is 0 Å². The zero-order chi connectivity index (χ0) is 36.2. The standard InChI is InChI=1S/3C14H28O2.U/c3*1-2-3-4-5-6-7-8-9-10-11-12-13-14(15)16;/h3*2-13H2,1H3,(H,15,16);/p-1. The van der Waals surface area contributed by atoms with Gasteiger partial charge in [0, 0.05) is 49.9 Å². The summed E-state index contributed by atoms with van der Waals surface area (Å²) < 4.78 is 0. The Labute approximate surface area is 328 Å². The van der Waals surface area contributed by atoms with E-state index in [2.05, 4.69) is 20.8 Å². The summed E-state index contributed by atoms with van der Waals surface area (Å²) in [4.78, 5) is 30.7. The van der Waals surface area contributed by atoms with Gasteiger partial charge in [-0.2, -0.15) is 0 Å². The first kappa shape index (κ1) is 55.2. The van der Waals surface area contributed by atoms with Gasteiger partial charge in [-0.15, -0.1) is 0 Å². The number of hydrogen-bond donors (Lipinski definition) is 2. The van der Waals surface area contributed by atoms with E-state index in [1.54, 1.807) is 0 Å². The minimum Gasteiger partial charge on any atom is -0.550 e. The minimum absolute atomic E-state index is 0. The SMILES string of the molecule is CCCCCCCCCCCCCC(=O)O.CCCCCCCCCCCCCC(=O)O.CCCCCCCCCCCCCC(=O)[O-].[U]. The molecule has 0 aliphatic rings. The molecule has 49 heavy (non-hydrogen) atoms. The van der Waals surface area contributed by atoms with E-state index in [0.29, 0.717) is 12.8 Å². The van der Waals surface area contributed by atoms with Gasteiger partial charge in [-0.25, -0.2) is 0 Å². The van der Waals surface area contributed by atoms with E-state index in [4.69, 9.17) is 10.2 Å². The number of carbonyl (C=O) groups is 3. The van der Waals surface area contributed by atoms with E-state index in [1.165, 1.54) is 173 Å². The van der Waals surface area contributed by atoms with Crippen molar-refractivity contribution in [1.29, 1.82) is 0 Å². The maximum atomic E-state index is 10.3. The van der Waals surface area contributed by atoms with Gasteiger partial charge in [-0.05, 0) is 25.7 Å². The van der Waals surface area contributed by atoms with E-state index in [0.717, 1.165) is 38.5 Å². The third kappa shape index (κ3) is 66.3. The normalized spacial score (nSPS) is 10.3. The molecule has 0 unspecified atom stereocenters.